The Morgan fingerprint density at radius 2 is 2.00 bits per heavy atom. The van der Waals surface area contributed by atoms with Crippen molar-refractivity contribution < 1.29 is 0 Å². The highest BCUT2D eigenvalue weighted by atomic mass is 35.5. The lowest BCUT2D eigenvalue weighted by Crippen LogP contribution is -2.24. The summed E-state index contributed by atoms with van der Waals surface area (Å²) in [7, 11) is 0. The van der Waals surface area contributed by atoms with Crippen LogP contribution in [0.1, 0.15) is 48.9 Å². The van der Waals surface area contributed by atoms with E-state index in [2.05, 4.69) is 65.0 Å². The molecule has 0 aromatic heterocycles. The van der Waals surface area contributed by atoms with Crippen LogP contribution in [0.15, 0.2) is 66.3 Å². The van der Waals surface area contributed by atoms with Gasteiger partial charge >= 0.3 is 0 Å². The highest BCUT2D eigenvalue weighted by Crippen LogP contribution is 2.31. The molecule has 1 saturated carbocycles. The van der Waals surface area contributed by atoms with E-state index in [1.165, 1.54) is 29.5 Å². The van der Waals surface area contributed by atoms with Gasteiger partial charge in [-0.2, -0.15) is 5.10 Å². The number of rotatable bonds is 8. The fourth-order valence-corrected chi connectivity index (χ4v) is 3.86. The number of fused-ring (bicyclic) bond motifs is 1. The Hall–Kier alpha value is -2.56. The number of benzene rings is 2. The maximum Gasteiger partial charge on any atom is 0.0644 e. The first-order valence-corrected chi connectivity index (χ1v) is 11.8. The zero-order valence-corrected chi connectivity index (χ0v) is 20.0. The van der Waals surface area contributed by atoms with E-state index in [1.807, 2.05) is 25.1 Å². The van der Waals surface area contributed by atoms with E-state index in [4.69, 9.17) is 11.6 Å². The molecule has 4 nitrogen and oxygen atoms in total. The van der Waals surface area contributed by atoms with Crippen molar-refractivity contribution in [2.75, 3.05) is 18.4 Å². The summed E-state index contributed by atoms with van der Waals surface area (Å²) in [5.41, 5.74) is 10.4. The van der Waals surface area contributed by atoms with Gasteiger partial charge in [0.1, 0.15) is 0 Å². The van der Waals surface area contributed by atoms with E-state index in [0.717, 1.165) is 60.5 Å². The largest absolute Gasteiger partial charge is 0.380 e. The Morgan fingerprint density at radius 3 is 2.66 bits per heavy atom. The van der Waals surface area contributed by atoms with Gasteiger partial charge in [-0.1, -0.05) is 66.7 Å². The SMILES string of the molecule is C/C(=N\NCC1CC1)c1ccc(CNc2c(Cl)ccc3c2CCNC3)cc1.C=C/C=C/C. The molecule has 1 fully saturated rings. The molecule has 1 heterocycles. The average Bonchev–Trinajstić information content (AvgIpc) is 3.64. The average molecular weight is 451 g/mol. The van der Waals surface area contributed by atoms with Crippen LogP contribution in [0.25, 0.3) is 0 Å². The van der Waals surface area contributed by atoms with Crippen molar-refractivity contribution in [3.05, 3.63) is 88.5 Å². The Kier molecular flexibility index (Phi) is 9.39. The molecule has 2 aromatic carbocycles. The van der Waals surface area contributed by atoms with Crippen LogP contribution in [-0.2, 0) is 19.5 Å². The van der Waals surface area contributed by atoms with Gasteiger partial charge in [0.15, 0.2) is 0 Å². The summed E-state index contributed by atoms with van der Waals surface area (Å²) in [5, 5.41) is 12.3. The van der Waals surface area contributed by atoms with Crippen LogP contribution in [0.5, 0.6) is 0 Å². The van der Waals surface area contributed by atoms with Crippen molar-refractivity contribution in [2.24, 2.45) is 11.0 Å². The van der Waals surface area contributed by atoms with Gasteiger partial charge < -0.3 is 16.1 Å². The molecular formula is C27H35ClN4. The molecule has 2 aliphatic rings. The number of hydrazone groups is 1. The van der Waals surface area contributed by atoms with Gasteiger partial charge in [0.05, 0.1) is 16.4 Å². The van der Waals surface area contributed by atoms with Crippen LogP contribution in [-0.4, -0.2) is 18.8 Å². The van der Waals surface area contributed by atoms with Gasteiger partial charge in [-0.25, -0.2) is 0 Å². The van der Waals surface area contributed by atoms with Gasteiger partial charge in [-0.05, 0) is 73.9 Å². The molecule has 0 unspecified atom stereocenters. The zero-order valence-electron chi connectivity index (χ0n) is 19.3. The van der Waals surface area contributed by atoms with E-state index < -0.39 is 0 Å². The molecule has 0 bridgehead atoms. The van der Waals surface area contributed by atoms with Crippen molar-refractivity contribution >= 4 is 23.0 Å². The lowest BCUT2D eigenvalue weighted by Gasteiger charge is -2.22. The first kappa shape index (κ1) is 24.1. The van der Waals surface area contributed by atoms with Crippen LogP contribution < -0.4 is 16.1 Å². The Morgan fingerprint density at radius 1 is 1.22 bits per heavy atom. The minimum absolute atomic E-state index is 0.764. The van der Waals surface area contributed by atoms with Crippen LogP contribution in [0.3, 0.4) is 0 Å². The molecule has 0 saturated heterocycles. The number of nitrogens with one attached hydrogen (secondary N) is 3. The second-order valence-electron chi connectivity index (χ2n) is 8.30. The van der Waals surface area contributed by atoms with Gasteiger partial charge in [0.2, 0.25) is 0 Å². The maximum absolute atomic E-state index is 6.46. The minimum atomic E-state index is 0.764. The Bertz CT molecular complexity index is 943. The highest BCUT2D eigenvalue weighted by Gasteiger charge is 2.20. The normalized spacial score (nSPS) is 15.5. The molecule has 4 rings (SSSR count). The Balaban J connectivity index is 0.000000523. The summed E-state index contributed by atoms with van der Waals surface area (Å²) in [6, 6.07) is 12.7. The molecule has 2 aromatic rings. The molecule has 0 atom stereocenters. The monoisotopic (exact) mass is 450 g/mol. The number of allylic oxidation sites excluding steroid dienone is 3. The first-order chi connectivity index (χ1) is 15.6. The predicted molar refractivity (Wildman–Crippen MR) is 139 cm³/mol. The number of anilines is 1. The number of nitrogens with zero attached hydrogens (tertiary/aromatic N) is 1. The summed E-state index contributed by atoms with van der Waals surface area (Å²) in [5.74, 6) is 0.835. The summed E-state index contributed by atoms with van der Waals surface area (Å²) in [4.78, 5) is 0. The van der Waals surface area contributed by atoms with E-state index in [-0.39, 0.29) is 0 Å². The quantitative estimate of drug-likeness (QED) is 0.260. The molecule has 0 amide bonds. The molecule has 0 radical (unpaired) electrons. The smallest absolute Gasteiger partial charge is 0.0644 e. The molecule has 0 spiro atoms. The summed E-state index contributed by atoms with van der Waals surface area (Å²) in [6.07, 6.45) is 9.27. The zero-order chi connectivity index (χ0) is 22.8. The van der Waals surface area contributed by atoms with Gasteiger partial charge in [0.25, 0.3) is 0 Å². The van der Waals surface area contributed by atoms with E-state index in [1.54, 1.807) is 6.08 Å². The molecule has 1 aliphatic heterocycles. The highest BCUT2D eigenvalue weighted by molar-refractivity contribution is 6.33. The second kappa shape index (κ2) is 12.5. The Labute approximate surface area is 197 Å². The lowest BCUT2D eigenvalue weighted by molar-refractivity contribution is 0.644. The van der Waals surface area contributed by atoms with Crippen LogP contribution >= 0.6 is 11.6 Å². The summed E-state index contributed by atoms with van der Waals surface area (Å²) >= 11 is 6.46. The van der Waals surface area contributed by atoms with Crippen molar-refractivity contribution in [1.29, 1.82) is 0 Å². The van der Waals surface area contributed by atoms with Gasteiger partial charge in [-0.3, -0.25) is 0 Å². The van der Waals surface area contributed by atoms with Crippen LogP contribution in [0, 0.1) is 5.92 Å². The second-order valence-corrected chi connectivity index (χ2v) is 8.71. The minimum Gasteiger partial charge on any atom is -0.380 e. The first-order valence-electron chi connectivity index (χ1n) is 11.5. The molecular weight excluding hydrogens is 416 g/mol. The van der Waals surface area contributed by atoms with Crippen LogP contribution in [0.4, 0.5) is 5.69 Å². The van der Waals surface area contributed by atoms with Gasteiger partial charge in [0, 0.05) is 19.6 Å². The van der Waals surface area contributed by atoms with Crippen molar-refractivity contribution in [3.8, 4) is 0 Å². The molecule has 170 valence electrons. The van der Waals surface area contributed by atoms with Crippen LogP contribution in [0.2, 0.25) is 5.02 Å². The van der Waals surface area contributed by atoms with E-state index >= 15 is 0 Å². The predicted octanol–water partition coefficient (Wildman–Crippen LogP) is 6.07. The third-order valence-corrected chi connectivity index (χ3v) is 6.03. The fraction of sp³-hybridized carbons (Fsp3) is 0.370. The van der Waals surface area contributed by atoms with E-state index in [0.29, 0.717) is 0 Å². The number of hydrogen-bond donors (Lipinski definition) is 3. The fourth-order valence-electron chi connectivity index (χ4n) is 3.61. The summed E-state index contributed by atoms with van der Waals surface area (Å²) < 4.78 is 0. The summed E-state index contributed by atoms with van der Waals surface area (Å²) in [6.45, 7) is 11.2. The third-order valence-electron chi connectivity index (χ3n) is 5.72. The lowest BCUT2D eigenvalue weighted by atomic mass is 9.98. The topological polar surface area (TPSA) is 48.5 Å². The van der Waals surface area contributed by atoms with Crippen molar-refractivity contribution in [2.45, 2.75) is 46.2 Å². The van der Waals surface area contributed by atoms with E-state index in [9.17, 15) is 0 Å². The standard InChI is InChI=1S/C22H27ClN4.C5H8/c1-15(27-26-13-17-2-3-17)18-6-4-16(5-7-18)12-25-22-20-10-11-24-14-19(20)8-9-21(22)23;1-3-5-4-2/h4-9,17,24-26H,2-3,10-14H2,1H3;3-5H,1H2,2H3/b27-15+;5-4+. The van der Waals surface area contributed by atoms with Crippen molar-refractivity contribution in [3.63, 3.8) is 0 Å². The van der Waals surface area contributed by atoms with Gasteiger partial charge in [-0.15, -0.1) is 0 Å². The molecule has 1 aliphatic carbocycles. The third kappa shape index (κ3) is 7.25. The number of hydrogen-bond acceptors (Lipinski definition) is 4. The van der Waals surface area contributed by atoms with Crippen molar-refractivity contribution in [1.82, 2.24) is 10.7 Å². The maximum atomic E-state index is 6.46. The molecule has 3 N–H and O–H groups in total. The molecule has 5 heteroatoms. The molecule has 32 heavy (non-hydrogen) atoms. The number of halogens is 1.